The SMILES string of the molecule is CC(CNCc1cn2ccccc2n1)N(C)C. The van der Waals surface area contributed by atoms with Gasteiger partial charge in [-0.3, -0.25) is 0 Å². The van der Waals surface area contributed by atoms with E-state index < -0.39 is 0 Å². The van der Waals surface area contributed by atoms with Crippen LogP contribution in [0.3, 0.4) is 0 Å². The van der Waals surface area contributed by atoms with E-state index in [1.165, 1.54) is 0 Å². The third-order valence-corrected chi connectivity index (χ3v) is 3.04. The van der Waals surface area contributed by atoms with Gasteiger partial charge in [0.15, 0.2) is 0 Å². The van der Waals surface area contributed by atoms with Crippen molar-refractivity contribution in [2.75, 3.05) is 20.6 Å². The smallest absolute Gasteiger partial charge is 0.137 e. The predicted molar refractivity (Wildman–Crippen MR) is 70.0 cm³/mol. The Morgan fingerprint density at radius 2 is 2.24 bits per heavy atom. The molecule has 0 saturated heterocycles. The van der Waals surface area contributed by atoms with Gasteiger partial charge in [-0.25, -0.2) is 4.98 Å². The number of hydrogen-bond acceptors (Lipinski definition) is 3. The Kier molecular flexibility index (Phi) is 3.76. The summed E-state index contributed by atoms with van der Waals surface area (Å²) < 4.78 is 2.05. The van der Waals surface area contributed by atoms with Crippen molar-refractivity contribution in [2.45, 2.75) is 19.5 Å². The maximum Gasteiger partial charge on any atom is 0.137 e. The Labute approximate surface area is 102 Å². The van der Waals surface area contributed by atoms with Gasteiger partial charge >= 0.3 is 0 Å². The van der Waals surface area contributed by atoms with Gasteiger partial charge in [-0.15, -0.1) is 0 Å². The summed E-state index contributed by atoms with van der Waals surface area (Å²) in [6.07, 6.45) is 4.09. The van der Waals surface area contributed by atoms with Crippen LogP contribution < -0.4 is 5.32 Å². The first-order valence-corrected chi connectivity index (χ1v) is 5.96. The van der Waals surface area contributed by atoms with E-state index in [0.29, 0.717) is 6.04 Å². The molecule has 1 N–H and O–H groups in total. The van der Waals surface area contributed by atoms with E-state index in [2.05, 4.69) is 42.4 Å². The van der Waals surface area contributed by atoms with Crippen LogP contribution in [0.15, 0.2) is 30.6 Å². The first kappa shape index (κ1) is 12.1. The second kappa shape index (κ2) is 5.29. The molecule has 2 aromatic rings. The van der Waals surface area contributed by atoms with Crippen molar-refractivity contribution < 1.29 is 0 Å². The molecule has 2 rings (SSSR count). The molecule has 1 atom stereocenters. The Morgan fingerprint density at radius 3 is 2.94 bits per heavy atom. The van der Waals surface area contributed by atoms with E-state index in [1.54, 1.807) is 0 Å². The van der Waals surface area contributed by atoms with Crippen LogP contribution in [0.25, 0.3) is 5.65 Å². The van der Waals surface area contributed by atoms with Crippen LogP contribution in [0.1, 0.15) is 12.6 Å². The molecule has 4 heteroatoms. The van der Waals surface area contributed by atoms with E-state index in [9.17, 15) is 0 Å². The van der Waals surface area contributed by atoms with Crippen molar-refractivity contribution >= 4 is 5.65 Å². The summed E-state index contributed by atoms with van der Waals surface area (Å²) in [5.74, 6) is 0. The minimum atomic E-state index is 0.534. The zero-order chi connectivity index (χ0) is 12.3. The maximum absolute atomic E-state index is 4.54. The highest BCUT2D eigenvalue weighted by atomic mass is 15.1. The van der Waals surface area contributed by atoms with Crippen molar-refractivity contribution in [2.24, 2.45) is 0 Å². The molecule has 0 bridgehead atoms. The minimum absolute atomic E-state index is 0.534. The number of hydrogen-bond donors (Lipinski definition) is 1. The zero-order valence-electron chi connectivity index (χ0n) is 10.7. The Bertz CT molecular complexity index is 442. The molecule has 0 aliphatic heterocycles. The van der Waals surface area contributed by atoms with Crippen molar-refractivity contribution in [3.63, 3.8) is 0 Å². The number of rotatable bonds is 5. The third kappa shape index (κ3) is 3.05. The molecule has 2 heterocycles. The molecular formula is C13H20N4. The fraction of sp³-hybridized carbons (Fsp3) is 0.462. The minimum Gasteiger partial charge on any atom is -0.310 e. The van der Waals surface area contributed by atoms with E-state index >= 15 is 0 Å². The highest BCUT2D eigenvalue weighted by molar-refractivity contribution is 5.39. The Morgan fingerprint density at radius 1 is 1.41 bits per heavy atom. The largest absolute Gasteiger partial charge is 0.310 e. The monoisotopic (exact) mass is 232 g/mol. The average molecular weight is 232 g/mol. The first-order valence-electron chi connectivity index (χ1n) is 5.96. The molecule has 92 valence electrons. The summed E-state index contributed by atoms with van der Waals surface area (Å²) in [4.78, 5) is 6.75. The van der Waals surface area contributed by atoms with Crippen LogP contribution in [0, 0.1) is 0 Å². The van der Waals surface area contributed by atoms with Crippen LogP contribution in [0.5, 0.6) is 0 Å². The van der Waals surface area contributed by atoms with Crippen LogP contribution >= 0.6 is 0 Å². The molecule has 0 aromatic carbocycles. The Hall–Kier alpha value is -1.39. The van der Waals surface area contributed by atoms with Gasteiger partial charge < -0.3 is 14.6 Å². The van der Waals surface area contributed by atoms with Crippen LogP contribution in [0.4, 0.5) is 0 Å². The molecular weight excluding hydrogens is 212 g/mol. The second-order valence-electron chi connectivity index (χ2n) is 4.64. The number of nitrogens with one attached hydrogen (secondary N) is 1. The molecule has 17 heavy (non-hydrogen) atoms. The fourth-order valence-electron chi connectivity index (χ4n) is 1.66. The lowest BCUT2D eigenvalue weighted by Gasteiger charge is -2.19. The van der Waals surface area contributed by atoms with Gasteiger partial charge in [0.2, 0.25) is 0 Å². The molecule has 0 aliphatic carbocycles. The number of pyridine rings is 1. The van der Waals surface area contributed by atoms with Crippen molar-refractivity contribution in [3.8, 4) is 0 Å². The highest BCUT2D eigenvalue weighted by Crippen LogP contribution is 2.04. The van der Waals surface area contributed by atoms with Gasteiger partial charge in [0.25, 0.3) is 0 Å². The summed E-state index contributed by atoms with van der Waals surface area (Å²) in [6.45, 7) is 4.00. The zero-order valence-corrected chi connectivity index (χ0v) is 10.7. The highest BCUT2D eigenvalue weighted by Gasteiger charge is 2.04. The predicted octanol–water partition coefficient (Wildman–Crippen LogP) is 1.37. The molecule has 2 aromatic heterocycles. The molecule has 0 radical (unpaired) electrons. The van der Waals surface area contributed by atoms with E-state index in [0.717, 1.165) is 24.4 Å². The summed E-state index contributed by atoms with van der Waals surface area (Å²) in [6, 6.07) is 6.58. The van der Waals surface area contributed by atoms with E-state index in [4.69, 9.17) is 0 Å². The molecule has 1 unspecified atom stereocenters. The normalized spacial score (nSPS) is 13.4. The number of nitrogens with zero attached hydrogens (tertiary/aromatic N) is 3. The molecule has 4 nitrogen and oxygen atoms in total. The summed E-state index contributed by atoms with van der Waals surface area (Å²) in [7, 11) is 4.19. The lowest BCUT2D eigenvalue weighted by atomic mass is 10.3. The van der Waals surface area contributed by atoms with Gasteiger partial charge in [-0.1, -0.05) is 6.07 Å². The summed E-state index contributed by atoms with van der Waals surface area (Å²) >= 11 is 0. The quantitative estimate of drug-likeness (QED) is 0.845. The third-order valence-electron chi connectivity index (χ3n) is 3.04. The first-order chi connectivity index (χ1) is 8.16. The summed E-state index contributed by atoms with van der Waals surface area (Å²) in [5.41, 5.74) is 2.09. The number of aromatic nitrogens is 2. The van der Waals surface area contributed by atoms with Gasteiger partial charge in [0, 0.05) is 31.5 Å². The van der Waals surface area contributed by atoms with E-state index in [1.807, 2.05) is 28.8 Å². The molecule has 0 fully saturated rings. The van der Waals surface area contributed by atoms with Gasteiger partial charge in [-0.2, -0.15) is 0 Å². The van der Waals surface area contributed by atoms with Crippen LogP contribution in [-0.4, -0.2) is 41.0 Å². The molecule has 0 spiro atoms. The summed E-state index contributed by atoms with van der Waals surface area (Å²) in [5, 5.41) is 3.43. The molecule has 0 amide bonds. The van der Waals surface area contributed by atoms with Crippen LogP contribution in [0.2, 0.25) is 0 Å². The maximum atomic E-state index is 4.54. The van der Waals surface area contributed by atoms with Crippen LogP contribution in [-0.2, 0) is 6.54 Å². The Balaban J connectivity index is 1.91. The van der Waals surface area contributed by atoms with E-state index in [-0.39, 0.29) is 0 Å². The molecule has 0 saturated carbocycles. The standard InChI is InChI=1S/C13H20N4/c1-11(16(2)3)8-14-9-12-10-17-7-5-4-6-13(17)15-12/h4-7,10-11,14H,8-9H2,1-3H3. The number of likely N-dealkylation sites (N-methyl/N-ethyl adjacent to an activating group) is 1. The fourth-order valence-corrected chi connectivity index (χ4v) is 1.66. The van der Waals surface area contributed by atoms with Crippen molar-refractivity contribution in [1.82, 2.24) is 19.6 Å². The lowest BCUT2D eigenvalue weighted by molar-refractivity contribution is 0.302. The number of imidazole rings is 1. The topological polar surface area (TPSA) is 32.6 Å². The second-order valence-corrected chi connectivity index (χ2v) is 4.64. The van der Waals surface area contributed by atoms with Gasteiger partial charge in [-0.05, 0) is 33.2 Å². The van der Waals surface area contributed by atoms with Gasteiger partial charge in [0.05, 0.1) is 5.69 Å². The number of fused-ring (bicyclic) bond motifs is 1. The van der Waals surface area contributed by atoms with Gasteiger partial charge in [0.1, 0.15) is 5.65 Å². The average Bonchev–Trinajstić information content (AvgIpc) is 2.71. The molecule has 0 aliphatic rings. The van der Waals surface area contributed by atoms with Crippen molar-refractivity contribution in [3.05, 3.63) is 36.3 Å². The van der Waals surface area contributed by atoms with Crippen molar-refractivity contribution in [1.29, 1.82) is 0 Å². The lowest BCUT2D eigenvalue weighted by Crippen LogP contribution is -2.35.